The van der Waals surface area contributed by atoms with Gasteiger partial charge >= 0.3 is 0 Å². The maximum atomic E-state index is 11.9. The second kappa shape index (κ2) is 5.77. The molecule has 1 saturated heterocycles. The summed E-state index contributed by atoms with van der Waals surface area (Å²) in [6.45, 7) is 4.37. The summed E-state index contributed by atoms with van der Waals surface area (Å²) in [7, 11) is 0. The summed E-state index contributed by atoms with van der Waals surface area (Å²) in [6.07, 6.45) is 4.62. The van der Waals surface area contributed by atoms with Crippen LogP contribution in [-0.4, -0.2) is 46.5 Å². The zero-order chi connectivity index (χ0) is 10.7. The Morgan fingerprint density at radius 1 is 1.56 bits per heavy atom. The number of rotatable bonds is 1. The fourth-order valence-corrected chi connectivity index (χ4v) is 1.69. The number of aromatic nitrogens is 2. The van der Waals surface area contributed by atoms with Crippen LogP contribution in [0.3, 0.4) is 0 Å². The van der Waals surface area contributed by atoms with E-state index in [9.17, 15) is 4.79 Å². The summed E-state index contributed by atoms with van der Waals surface area (Å²) in [5, 5.41) is 3.29. The quantitative estimate of drug-likeness (QED) is 0.771. The van der Waals surface area contributed by atoms with Crippen LogP contribution in [0, 0.1) is 0 Å². The number of nitrogens with zero attached hydrogens (tertiary/aromatic N) is 3. The molecule has 1 unspecified atom stereocenters. The number of nitrogens with one attached hydrogen (secondary N) is 1. The van der Waals surface area contributed by atoms with Gasteiger partial charge in [-0.05, 0) is 6.92 Å². The van der Waals surface area contributed by atoms with Crippen molar-refractivity contribution in [3.8, 4) is 0 Å². The first-order chi connectivity index (χ1) is 7.27. The third-order valence-corrected chi connectivity index (χ3v) is 2.44. The van der Waals surface area contributed by atoms with Gasteiger partial charge in [0.25, 0.3) is 5.91 Å². The van der Waals surface area contributed by atoms with E-state index in [4.69, 9.17) is 0 Å². The van der Waals surface area contributed by atoms with Crippen molar-refractivity contribution in [3.05, 3.63) is 24.3 Å². The molecule has 0 saturated carbocycles. The number of carbonyl (C=O) groups excluding carboxylic acids is 1. The molecular formula is C10H15ClN4O. The first-order valence-electron chi connectivity index (χ1n) is 5.06. The maximum absolute atomic E-state index is 11.9. The minimum Gasteiger partial charge on any atom is -0.334 e. The Labute approximate surface area is 101 Å². The van der Waals surface area contributed by atoms with Crippen molar-refractivity contribution in [1.29, 1.82) is 0 Å². The standard InChI is InChI=1S/C10H14N4O.ClH/c1-8-7-14(5-4-12-8)10(15)9-6-11-2-3-13-9;/h2-3,6,8,12H,4-5,7H2,1H3;1H. The molecule has 1 atom stereocenters. The van der Waals surface area contributed by atoms with Gasteiger partial charge in [0.15, 0.2) is 0 Å². The first kappa shape index (κ1) is 12.9. The smallest absolute Gasteiger partial charge is 0.274 e. The zero-order valence-electron chi connectivity index (χ0n) is 9.09. The van der Waals surface area contributed by atoms with E-state index in [2.05, 4.69) is 22.2 Å². The van der Waals surface area contributed by atoms with Gasteiger partial charge in [-0.25, -0.2) is 4.98 Å². The van der Waals surface area contributed by atoms with Crippen LogP contribution in [-0.2, 0) is 0 Å². The van der Waals surface area contributed by atoms with Gasteiger partial charge in [0.1, 0.15) is 5.69 Å². The second-order valence-electron chi connectivity index (χ2n) is 3.70. The Bertz CT molecular complexity index is 346. The van der Waals surface area contributed by atoms with Crippen LogP contribution in [0.15, 0.2) is 18.6 Å². The fraction of sp³-hybridized carbons (Fsp3) is 0.500. The predicted octanol–water partition coefficient (Wildman–Crippen LogP) is 0.332. The molecule has 1 aromatic heterocycles. The molecular weight excluding hydrogens is 228 g/mol. The van der Waals surface area contributed by atoms with Gasteiger partial charge in [0.2, 0.25) is 0 Å². The van der Waals surface area contributed by atoms with Gasteiger partial charge in [0.05, 0.1) is 6.20 Å². The Morgan fingerprint density at radius 3 is 3.00 bits per heavy atom. The largest absolute Gasteiger partial charge is 0.334 e. The molecule has 2 heterocycles. The highest BCUT2D eigenvalue weighted by Gasteiger charge is 2.22. The summed E-state index contributed by atoms with van der Waals surface area (Å²) >= 11 is 0. The molecule has 16 heavy (non-hydrogen) atoms. The molecule has 88 valence electrons. The van der Waals surface area contributed by atoms with E-state index in [-0.39, 0.29) is 18.3 Å². The highest BCUT2D eigenvalue weighted by molar-refractivity contribution is 5.92. The van der Waals surface area contributed by atoms with Crippen molar-refractivity contribution in [2.45, 2.75) is 13.0 Å². The maximum Gasteiger partial charge on any atom is 0.274 e. The molecule has 0 aliphatic carbocycles. The first-order valence-corrected chi connectivity index (χ1v) is 5.06. The average molecular weight is 243 g/mol. The number of piperazine rings is 1. The summed E-state index contributed by atoms with van der Waals surface area (Å²) in [6, 6.07) is 0.347. The highest BCUT2D eigenvalue weighted by atomic mass is 35.5. The van der Waals surface area contributed by atoms with Gasteiger partial charge in [-0.1, -0.05) is 0 Å². The molecule has 2 rings (SSSR count). The molecule has 0 spiro atoms. The lowest BCUT2D eigenvalue weighted by Crippen LogP contribution is -2.51. The summed E-state index contributed by atoms with van der Waals surface area (Å²) in [5.41, 5.74) is 0.423. The van der Waals surface area contributed by atoms with Gasteiger partial charge in [-0.3, -0.25) is 9.78 Å². The number of carbonyl (C=O) groups is 1. The van der Waals surface area contributed by atoms with E-state index in [0.29, 0.717) is 11.7 Å². The summed E-state index contributed by atoms with van der Waals surface area (Å²) < 4.78 is 0. The van der Waals surface area contributed by atoms with E-state index in [1.165, 1.54) is 6.20 Å². The van der Waals surface area contributed by atoms with Crippen molar-refractivity contribution in [1.82, 2.24) is 20.2 Å². The average Bonchev–Trinajstić information content (AvgIpc) is 2.29. The van der Waals surface area contributed by atoms with Crippen molar-refractivity contribution < 1.29 is 4.79 Å². The van der Waals surface area contributed by atoms with Crippen molar-refractivity contribution in [2.24, 2.45) is 0 Å². The minimum absolute atomic E-state index is 0. The third kappa shape index (κ3) is 2.90. The molecule has 5 nitrogen and oxygen atoms in total. The zero-order valence-corrected chi connectivity index (χ0v) is 9.91. The molecule has 1 aliphatic rings. The van der Waals surface area contributed by atoms with Crippen LogP contribution in [0.4, 0.5) is 0 Å². The Hall–Kier alpha value is -1.20. The number of amides is 1. The molecule has 0 aromatic carbocycles. The van der Waals surface area contributed by atoms with E-state index in [1.807, 2.05) is 4.90 Å². The van der Waals surface area contributed by atoms with E-state index in [0.717, 1.165) is 19.6 Å². The van der Waals surface area contributed by atoms with Crippen molar-refractivity contribution >= 4 is 18.3 Å². The van der Waals surface area contributed by atoms with E-state index >= 15 is 0 Å². The van der Waals surface area contributed by atoms with Gasteiger partial charge in [-0.15, -0.1) is 12.4 Å². The van der Waals surface area contributed by atoms with Crippen LogP contribution in [0.2, 0.25) is 0 Å². The molecule has 6 heteroatoms. The normalized spacial score (nSPS) is 20.1. The minimum atomic E-state index is -0.0311. The van der Waals surface area contributed by atoms with Crippen LogP contribution >= 0.6 is 12.4 Å². The highest BCUT2D eigenvalue weighted by Crippen LogP contribution is 2.04. The lowest BCUT2D eigenvalue weighted by atomic mass is 10.2. The monoisotopic (exact) mass is 242 g/mol. The molecule has 1 aromatic rings. The predicted molar refractivity (Wildman–Crippen MR) is 62.6 cm³/mol. The summed E-state index contributed by atoms with van der Waals surface area (Å²) in [5.74, 6) is -0.0311. The molecule has 1 aliphatic heterocycles. The number of hydrogen-bond acceptors (Lipinski definition) is 4. The van der Waals surface area contributed by atoms with E-state index < -0.39 is 0 Å². The second-order valence-corrected chi connectivity index (χ2v) is 3.70. The fourth-order valence-electron chi connectivity index (χ4n) is 1.69. The lowest BCUT2D eigenvalue weighted by Gasteiger charge is -2.31. The summed E-state index contributed by atoms with van der Waals surface area (Å²) in [4.78, 5) is 21.7. The van der Waals surface area contributed by atoms with Crippen LogP contribution in [0.1, 0.15) is 17.4 Å². The van der Waals surface area contributed by atoms with E-state index in [1.54, 1.807) is 12.4 Å². The van der Waals surface area contributed by atoms with Crippen molar-refractivity contribution in [2.75, 3.05) is 19.6 Å². The molecule has 1 fully saturated rings. The van der Waals surface area contributed by atoms with Gasteiger partial charge in [-0.2, -0.15) is 0 Å². The lowest BCUT2D eigenvalue weighted by molar-refractivity contribution is 0.0702. The SMILES string of the molecule is CC1CN(C(=O)c2cnccn2)CCN1.Cl. The van der Waals surface area contributed by atoms with Crippen LogP contribution in [0.5, 0.6) is 0 Å². The number of hydrogen-bond donors (Lipinski definition) is 1. The molecule has 1 amide bonds. The van der Waals surface area contributed by atoms with Gasteiger partial charge in [0, 0.05) is 38.1 Å². The molecule has 0 radical (unpaired) electrons. The van der Waals surface area contributed by atoms with Crippen LogP contribution < -0.4 is 5.32 Å². The van der Waals surface area contributed by atoms with Crippen LogP contribution in [0.25, 0.3) is 0 Å². The topological polar surface area (TPSA) is 58.1 Å². The van der Waals surface area contributed by atoms with Crippen molar-refractivity contribution in [3.63, 3.8) is 0 Å². The Kier molecular flexibility index (Phi) is 4.64. The Morgan fingerprint density at radius 2 is 2.38 bits per heavy atom. The van der Waals surface area contributed by atoms with Gasteiger partial charge < -0.3 is 10.2 Å². The molecule has 0 bridgehead atoms. The third-order valence-electron chi connectivity index (χ3n) is 2.44. The molecule has 1 N–H and O–H groups in total. The Balaban J connectivity index is 0.00000128. The number of halogens is 1.